The van der Waals surface area contributed by atoms with Crippen molar-refractivity contribution in [2.45, 2.75) is 226 Å². The lowest BCUT2D eigenvalue weighted by Gasteiger charge is -2.36. The minimum absolute atomic E-state index is 0.117. The summed E-state index contributed by atoms with van der Waals surface area (Å²) in [5.74, 6) is 1.54. The smallest absolute Gasteiger partial charge is 0.224 e. The number of hydrogen-bond donors (Lipinski definition) is 1. The molecule has 0 radical (unpaired) electrons. The summed E-state index contributed by atoms with van der Waals surface area (Å²) >= 11 is 0. The van der Waals surface area contributed by atoms with Gasteiger partial charge in [0.05, 0.1) is 13.6 Å². The van der Waals surface area contributed by atoms with E-state index in [1.807, 2.05) is 0 Å². The second-order valence-corrected chi connectivity index (χ2v) is 14.6. The van der Waals surface area contributed by atoms with Crippen molar-refractivity contribution in [3.63, 3.8) is 0 Å². The van der Waals surface area contributed by atoms with Crippen molar-refractivity contribution < 1.29 is 9.28 Å². The van der Waals surface area contributed by atoms with E-state index in [4.69, 9.17) is 4.99 Å². The molecule has 1 rings (SSSR count). The molecule has 4 nitrogen and oxygen atoms in total. The van der Waals surface area contributed by atoms with Crippen LogP contribution in [0.5, 0.6) is 0 Å². The number of nitrogens with one attached hydrogen (secondary N) is 1. The van der Waals surface area contributed by atoms with Crippen LogP contribution in [0, 0.1) is 0 Å². The maximum Gasteiger partial charge on any atom is 0.224 e. The molecular formula is C40H80N3O+. The molecule has 2 unspecified atom stereocenters. The number of unbranched alkanes of at least 4 members (excludes halogenated alkanes) is 27. The fraction of sp³-hybridized carbons (Fsp3) is 0.950. The van der Waals surface area contributed by atoms with Gasteiger partial charge in [0.15, 0.2) is 12.0 Å². The van der Waals surface area contributed by atoms with Crippen LogP contribution in [0.2, 0.25) is 0 Å². The minimum atomic E-state index is 0.117. The Kier molecular flexibility index (Phi) is 27.6. The third-order valence-electron chi connectivity index (χ3n) is 10.4. The summed E-state index contributed by atoms with van der Waals surface area (Å²) in [4.78, 5) is 17.6. The SMILES string of the molecule is CCCCCCCCCCCCCCCCCCC1=NCC[N+]1(C)C(C)NC(=O)CCCCCCCCCCCCCCC. The van der Waals surface area contributed by atoms with Crippen LogP contribution in [0.3, 0.4) is 0 Å². The standard InChI is InChI=1S/C40H79N3O/c1-5-7-9-11-13-15-17-19-20-21-23-24-26-28-30-32-34-39-41-36-37-43(39,4)38(3)42-40(44)35-33-31-29-27-25-22-18-16-14-12-10-8-6-2/h38H,5-37H2,1-4H3/p+1. The van der Waals surface area contributed by atoms with E-state index in [1.54, 1.807) is 0 Å². The van der Waals surface area contributed by atoms with Crippen LogP contribution < -0.4 is 5.32 Å². The first-order chi connectivity index (χ1) is 21.5. The molecule has 1 heterocycles. The van der Waals surface area contributed by atoms with Crippen molar-refractivity contribution in [3.05, 3.63) is 0 Å². The number of nitrogens with zero attached hydrogens (tertiary/aromatic N) is 2. The van der Waals surface area contributed by atoms with Gasteiger partial charge in [0.1, 0.15) is 6.54 Å². The predicted molar refractivity (Wildman–Crippen MR) is 195 cm³/mol. The van der Waals surface area contributed by atoms with E-state index in [-0.39, 0.29) is 12.1 Å². The quantitative estimate of drug-likeness (QED) is 0.0577. The minimum Gasteiger partial charge on any atom is -0.307 e. The fourth-order valence-corrected chi connectivity index (χ4v) is 7.01. The Morgan fingerprint density at radius 2 is 0.932 bits per heavy atom. The van der Waals surface area contributed by atoms with Gasteiger partial charge in [-0.15, -0.1) is 0 Å². The van der Waals surface area contributed by atoms with Gasteiger partial charge in [0, 0.05) is 19.8 Å². The van der Waals surface area contributed by atoms with Crippen LogP contribution in [0.4, 0.5) is 0 Å². The molecule has 260 valence electrons. The maximum atomic E-state index is 12.7. The van der Waals surface area contributed by atoms with E-state index in [2.05, 4.69) is 33.1 Å². The van der Waals surface area contributed by atoms with E-state index < -0.39 is 0 Å². The van der Waals surface area contributed by atoms with Crippen LogP contribution in [0.25, 0.3) is 0 Å². The molecule has 0 aromatic heterocycles. The Hall–Kier alpha value is -0.900. The zero-order chi connectivity index (χ0) is 32.0. The van der Waals surface area contributed by atoms with Crippen LogP contribution in [0.15, 0.2) is 4.99 Å². The van der Waals surface area contributed by atoms with Gasteiger partial charge >= 0.3 is 0 Å². The fourth-order valence-electron chi connectivity index (χ4n) is 7.01. The molecule has 0 saturated heterocycles. The Balaban J connectivity index is 2.00. The molecule has 0 fully saturated rings. The Morgan fingerprint density at radius 3 is 1.32 bits per heavy atom. The molecule has 0 bridgehead atoms. The highest BCUT2D eigenvalue weighted by atomic mass is 16.1. The largest absolute Gasteiger partial charge is 0.307 e. The summed E-state index contributed by atoms with van der Waals surface area (Å²) in [5.41, 5.74) is 0. The van der Waals surface area contributed by atoms with Crippen LogP contribution in [-0.4, -0.2) is 42.5 Å². The lowest BCUT2D eigenvalue weighted by atomic mass is 10.0. The Labute approximate surface area is 277 Å². The highest BCUT2D eigenvalue weighted by Crippen LogP contribution is 2.21. The molecule has 44 heavy (non-hydrogen) atoms. The summed E-state index contributed by atoms with van der Waals surface area (Å²) in [5, 5.41) is 3.34. The zero-order valence-corrected chi connectivity index (χ0v) is 30.7. The summed E-state index contributed by atoms with van der Waals surface area (Å²) in [6.45, 7) is 8.71. The molecule has 0 aromatic carbocycles. The van der Waals surface area contributed by atoms with Crippen LogP contribution in [0.1, 0.15) is 220 Å². The molecule has 1 aliphatic rings. The third kappa shape index (κ3) is 21.8. The zero-order valence-electron chi connectivity index (χ0n) is 30.7. The summed E-state index contributed by atoms with van der Waals surface area (Å²) in [7, 11) is 2.29. The lowest BCUT2D eigenvalue weighted by molar-refractivity contribution is -0.843. The van der Waals surface area contributed by atoms with Crippen LogP contribution in [-0.2, 0) is 4.79 Å². The van der Waals surface area contributed by atoms with E-state index in [0.717, 1.165) is 30.4 Å². The van der Waals surface area contributed by atoms with Crippen molar-refractivity contribution in [1.82, 2.24) is 5.32 Å². The molecule has 0 aliphatic carbocycles. The number of likely N-dealkylation sites (N-methyl/N-ethyl adjacent to an activating group) is 1. The third-order valence-corrected chi connectivity index (χ3v) is 10.4. The number of quaternary nitrogens is 1. The summed E-state index contributed by atoms with van der Waals surface area (Å²) < 4.78 is 0.809. The number of hydrogen-bond acceptors (Lipinski definition) is 2. The number of carbonyl (C=O) groups is 1. The van der Waals surface area contributed by atoms with Gasteiger partial charge in [0.25, 0.3) is 0 Å². The molecule has 1 N–H and O–H groups in total. The van der Waals surface area contributed by atoms with Gasteiger partial charge in [-0.1, -0.05) is 187 Å². The van der Waals surface area contributed by atoms with Crippen molar-refractivity contribution in [3.8, 4) is 0 Å². The second-order valence-electron chi connectivity index (χ2n) is 14.6. The van der Waals surface area contributed by atoms with Crippen molar-refractivity contribution in [1.29, 1.82) is 0 Å². The van der Waals surface area contributed by atoms with Gasteiger partial charge in [0.2, 0.25) is 5.91 Å². The topological polar surface area (TPSA) is 41.5 Å². The van der Waals surface area contributed by atoms with Crippen molar-refractivity contribution in [2.24, 2.45) is 4.99 Å². The Morgan fingerprint density at radius 1 is 0.591 bits per heavy atom. The van der Waals surface area contributed by atoms with E-state index in [1.165, 1.54) is 186 Å². The molecule has 2 atom stereocenters. The maximum absolute atomic E-state index is 12.7. The monoisotopic (exact) mass is 619 g/mol. The van der Waals surface area contributed by atoms with Crippen LogP contribution >= 0.6 is 0 Å². The number of amides is 1. The number of carbonyl (C=O) groups excluding carboxylic acids is 1. The van der Waals surface area contributed by atoms with E-state index in [0.29, 0.717) is 6.42 Å². The first-order valence-corrected chi connectivity index (χ1v) is 20.2. The average molecular weight is 619 g/mol. The molecule has 0 saturated carbocycles. The molecule has 4 heteroatoms. The van der Waals surface area contributed by atoms with E-state index >= 15 is 0 Å². The van der Waals surface area contributed by atoms with Gasteiger partial charge in [-0.3, -0.25) is 9.28 Å². The van der Waals surface area contributed by atoms with Gasteiger partial charge < -0.3 is 5.32 Å². The molecular weight excluding hydrogens is 538 g/mol. The van der Waals surface area contributed by atoms with Crippen molar-refractivity contribution in [2.75, 3.05) is 20.1 Å². The first kappa shape index (κ1) is 41.1. The average Bonchev–Trinajstić information content (AvgIpc) is 3.40. The van der Waals surface area contributed by atoms with Crippen molar-refractivity contribution >= 4 is 11.7 Å². The van der Waals surface area contributed by atoms with Gasteiger partial charge in [-0.2, -0.15) is 0 Å². The van der Waals surface area contributed by atoms with Gasteiger partial charge in [-0.05, 0) is 12.8 Å². The highest BCUT2D eigenvalue weighted by molar-refractivity contribution is 5.78. The molecule has 0 aromatic rings. The Bertz CT molecular complexity index is 678. The van der Waals surface area contributed by atoms with E-state index in [9.17, 15) is 4.79 Å². The molecule has 1 amide bonds. The lowest BCUT2D eigenvalue weighted by Crippen LogP contribution is -2.60. The van der Waals surface area contributed by atoms with Gasteiger partial charge in [-0.25, -0.2) is 4.99 Å². The summed E-state index contributed by atoms with van der Waals surface area (Å²) in [6, 6.07) is 0. The predicted octanol–water partition coefficient (Wildman–Crippen LogP) is 12.4. The number of aliphatic imine (C=N–C) groups is 1. The molecule has 0 spiro atoms. The first-order valence-electron chi connectivity index (χ1n) is 20.2. The highest BCUT2D eigenvalue weighted by Gasteiger charge is 2.39. The summed E-state index contributed by atoms with van der Waals surface area (Å²) in [6.07, 6.45) is 41.9. The molecule has 1 aliphatic heterocycles. The second kappa shape index (κ2) is 29.5. The number of rotatable bonds is 33. The normalized spacial score (nSPS) is 17.2. The number of amidine groups is 1.